The van der Waals surface area contributed by atoms with E-state index in [1.54, 1.807) is 0 Å². The standard InChI is InChI=1S/C17H18BrNO/c1-11-4-5-12(2)14(8-11)16-10-20-17-7-6-13(18)9-15(17)19(16)3/h4-9,16H,10H2,1-3H3. The summed E-state index contributed by atoms with van der Waals surface area (Å²) in [5.41, 5.74) is 5.09. The summed E-state index contributed by atoms with van der Waals surface area (Å²) < 4.78 is 7.03. The fourth-order valence-corrected chi connectivity index (χ4v) is 3.10. The number of anilines is 1. The van der Waals surface area contributed by atoms with Gasteiger partial charge in [0.2, 0.25) is 0 Å². The second-order valence-electron chi connectivity index (χ2n) is 5.41. The van der Waals surface area contributed by atoms with Crippen LogP contribution in [0.1, 0.15) is 22.7 Å². The molecule has 0 amide bonds. The van der Waals surface area contributed by atoms with Crippen molar-refractivity contribution in [1.29, 1.82) is 0 Å². The molecular weight excluding hydrogens is 314 g/mol. The number of hydrogen-bond donors (Lipinski definition) is 0. The number of fused-ring (bicyclic) bond motifs is 1. The zero-order valence-corrected chi connectivity index (χ0v) is 13.6. The fraction of sp³-hybridized carbons (Fsp3) is 0.294. The van der Waals surface area contributed by atoms with E-state index in [0.29, 0.717) is 6.61 Å². The minimum absolute atomic E-state index is 0.261. The van der Waals surface area contributed by atoms with Gasteiger partial charge in [0.25, 0.3) is 0 Å². The largest absolute Gasteiger partial charge is 0.489 e. The van der Waals surface area contributed by atoms with Gasteiger partial charge >= 0.3 is 0 Å². The maximum Gasteiger partial charge on any atom is 0.142 e. The van der Waals surface area contributed by atoms with E-state index in [2.05, 4.69) is 66.0 Å². The zero-order valence-electron chi connectivity index (χ0n) is 12.0. The van der Waals surface area contributed by atoms with Gasteiger partial charge in [0, 0.05) is 11.5 Å². The number of likely N-dealkylation sites (N-methyl/N-ethyl adjacent to an activating group) is 1. The maximum absolute atomic E-state index is 5.95. The molecule has 0 saturated carbocycles. The highest BCUT2D eigenvalue weighted by Gasteiger charge is 2.27. The number of aryl methyl sites for hydroxylation is 2. The van der Waals surface area contributed by atoms with Crippen LogP contribution in [0.25, 0.3) is 0 Å². The monoisotopic (exact) mass is 331 g/mol. The van der Waals surface area contributed by atoms with Crippen LogP contribution in [-0.2, 0) is 0 Å². The number of ether oxygens (including phenoxy) is 1. The summed E-state index contributed by atoms with van der Waals surface area (Å²) in [6.07, 6.45) is 0. The Kier molecular flexibility index (Phi) is 3.47. The molecule has 1 aliphatic heterocycles. The van der Waals surface area contributed by atoms with Gasteiger partial charge in [-0.2, -0.15) is 0 Å². The predicted molar refractivity (Wildman–Crippen MR) is 86.7 cm³/mol. The van der Waals surface area contributed by atoms with Gasteiger partial charge in [-0.25, -0.2) is 0 Å². The van der Waals surface area contributed by atoms with Crippen molar-refractivity contribution >= 4 is 21.6 Å². The van der Waals surface area contributed by atoms with E-state index in [0.717, 1.165) is 15.9 Å². The van der Waals surface area contributed by atoms with Crippen LogP contribution >= 0.6 is 15.9 Å². The minimum Gasteiger partial charge on any atom is -0.489 e. The van der Waals surface area contributed by atoms with Crippen molar-refractivity contribution in [2.24, 2.45) is 0 Å². The Balaban J connectivity index is 2.03. The molecule has 0 saturated heterocycles. The molecule has 3 heteroatoms. The van der Waals surface area contributed by atoms with Crippen LogP contribution in [0.5, 0.6) is 5.75 Å². The molecular formula is C17H18BrNO. The molecule has 0 aliphatic carbocycles. The molecule has 2 nitrogen and oxygen atoms in total. The maximum atomic E-state index is 5.95. The first-order valence-corrected chi connectivity index (χ1v) is 7.58. The molecule has 0 spiro atoms. The Hall–Kier alpha value is -1.48. The quantitative estimate of drug-likeness (QED) is 0.755. The van der Waals surface area contributed by atoms with E-state index in [1.165, 1.54) is 16.7 Å². The van der Waals surface area contributed by atoms with Crippen molar-refractivity contribution in [1.82, 2.24) is 0 Å². The molecule has 0 radical (unpaired) electrons. The third kappa shape index (κ3) is 2.31. The molecule has 2 aromatic carbocycles. The van der Waals surface area contributed by atoms with Crippen LogP contribution in [0, 0.1) is 13.8 Å². The molecule has 1 aliphatic rings. The summed E-state index contributed by atoms with van der Waals surface area (Å²) in [4.78, 5) is 2.31. The molecule has 0 bridgehead atoms. The van der Waals surface area contributed by atoms with E-state index in [-0.39, 0.29) is 6.04 Å². The van der Waals surface area contributed by atoms with Crippen molar-refractivity contribution in [2.75, 3.05) is 18.6 Å². The van der Waals surface area contributed by atoms with E-state index >= 15 is 0 Å². The highest BCUT2D eigenvalue weighted by molar-refractivity contribution is 9.10. The first kappa shape index (κ1) is 13.5. The van der Waals surface area contributed by atoms with Crippen LogP contribution in [0.3, 0.4) is 0 Å². The van der Waals surface area contributed by atoms with Gasteiger partial charge in [-0.3, -0.25) is 0 Å². The van der Waals surface area contributed by atoms with Gasteiger partial charge in [0.1, 0.15) is 12.4 Å². The first-order chi connectivity index (χ1) is 9.56. The van der Waals surface area contributed by atoms with Crippen molar-refractivity contribution in [3.8, 4) is 5.75 Å². The molecule has 3 rings (SSSR count). The molecule has 1 heterocycles. The lowest BCUT2D eigenvalue weighted by molar-refractivity contribution is 0.268. The van der Waals surface area contributed by atoms with Crippen molar-refractivity contribution in [3.05, 3.63) is 57.6 Å². The zero-order chi connectivity index (χ0) is 14.3. The highest BCUT2D eigenvalue weighted by Crippen LogP contribution is 2.40. The Bertz CT molecular complexity index is 653. The Morgan fingerprint density at radius 1 is 1.15 bits per heavy atom. The smallest absolute Gasteiger partial charge is 0.142 e. The van der Waals surface area contributed by atoms with Gasteiger partial charge in [-0.1, -0.05) is 39.7 Å². The summed E-state index contributed by atoms with van der Waals surface area (Å²) in [5, 5.41) is 0. The highest BCUT2D eigenvalue weighted by atomic mass is 79.9. The normalized spacial score (nSPS) is 17.6. The second-order valence-corrected chi connectivity index (χ2v) is 6.33. The topological polar surface area (TPSA) is 12.5 Å². The molecule has 0 aromatic heterocycles. The van der Waals surface area contributed by atoms with Crippen LogP contribution in [0.15, 0.2) is 40.9 Å². The summed E-state index contributed by atoms with van der Waals surface area (Å²) >= 11 is 3.54. The second kappa shape index (κ2) is 5.13. The number of hydrogen-bond acceptors (Lipinski definition) is 2. The molecule has 0 fully saturated rings. The molecule has 20 heavy (non-hydrogen) atoms. The predicted octanol–water partition coefficient (Wildman–Crippen LogP) is 4.64. The number of benzene rings is 2. The van der Waals surface area contributed by atoms with Crippen LogP contribution < -0.4 is 9.64 Å². The molecule has 0 N–H and O–H groups in total. The molecule has 2 aromatic rings. The van der Waals surface area contributed by atoms with Gasteiger partial charge < -0.3 is 9.64 Å². The van der Waals surface area contributed by atoms with E-state index in [1.807, 2.05) is 12.1 Å². The number of nitrogens with zero attached hydrogens (tertiary/aromatic N) is 1. The lowest BCUT2D eigenvalue weighted by atomic mass is 9.97. The average Bonchev–Trinajstić information content (AvgIpc) is 2.43. The summed E-state index contributed by atoms with van der Waals surface area (Å²) in [6.45, 7) is 4.99. The van der Waals surface area contributed by atoms with Crippen LogP contribution in [0.2, 0.25) is 0 Å². The Labute approximate surface area is 128 Å². The van der Waals surface area contributed by atoms with Crippen molar-refractivity contribution in [3.63, 3.8) is 0 Å². The van der Waals surface area contributed by atoms with Gasteiger partial charge in [0.15, 0.2) is 0 Å². The third-order valence-corrected chi connectivity index (χ3v) is 4.45. The number of rotatable bonds is 1. The first-order valence-electron chi connectivity index (χ1n) is 6.78. The Morgan fingerprint density at radius 3 is 2.75 bits per heavy atom. The van der Waals surface area contributed by atoms with Crippen molar-refractivity contribution < 1.29 is 4.74 Å². The lowest BCUT2D eigenvalue weighted by Gasteiger charge is -2.37. The molecule has 104 valence electrons. The van der Waals surface area contributed by atoms with Crippen LogP contribution in [0.4, 0.5) is 5.69 Å². The number of halogens is 1. The minimum atomic E-state index is 0.261. The van der Waals surface area contributed by atoms with Crippen molar-refractivity contribution in [2.45, 2.75) is 19.9 Å². The SMILES string of the molecule is Cc1ccc(C)c(C2COc3ccc(Br)cc3N2C)c1. The van der Waals surface area contributed by atoms with E-state index in [9.17, 15) is 0 Å². The fourth-order valence-electron chi connectivity index (χ4n) is 2.75. The van der Waals surface area contributed by atoms with E-state index < -0.39 is 0 Å². The van der Waals surface area contributed by atoms with E-state index in [4.69, 9.17) is 4.74 Å². The Morgan fingerprint density at radius 2 is 1.95 bits per heavy atom. The summed E-state index contributed by atoms with van der Waals surface area (Å²) in [5.74, 6) is 0.956. The lowest BCUT2D eigenvalue weighted by Crippen LogP contribution is -2.33. The van der Waals surface area contributed by atoms with Crippen LogP contribution in [-0.4, -0.2) is 13.7 Å². The third-order valence-electron chi connectivity index (χ3n) is 3.96. The average molecular weight is 332 g/mol. The summed E-state index contributed by atoms with van der Waals surface area (Å²) in [6, 6.07) is 13.0. The van der Waals surface area contributed by atoms with Gasteiger partial charge in [-0.05, 0) is 43.2 Å². The molecule has 1 atom stereocenters. The van der Waals surface area contributed by atoms with Gasteiger partial charge in [0.05, 0.1) is 11.7 Å². The van der Waals surface area contributed by atoms with Gasteiger partial charge in [-0.15, -0.1) is 0 Å². The summed E-state index contributed by atoms with van der Waals surface area (Å²) in [7, 11) is 2.14. The molecule has 1 unspecified atom stereocenters.